The Bertz CT molecular complexity index is 1490. The summed E-state index contributed by atoms with van der Waals surface area (Å²) in [4.78, 5) is 31.6. The van der Waals surface area contributed by atoms with Crippen LogP contribution in [0.1, 0.15) is 5.69 Å². The highest BCUT2D eigenvalue weighted by atomic mass is 32.2. The van der Waals surface area contributed by atoms with Crippen LogP contribution in [0.2, 0.25) is 0 Å². The number of carbonyl (C=O) groups is 1. The van der Waals surface area contributed by atoms with Crippen LogP contribution < -0.4 is 10.9 Å². The number of fused-ring (bicyclic) bond motifs is 1. The molecule has 0 saturated heterocycles. The molecule has 33 heavy (non-hydrogen) atoms. The monoisotopic (exact) mass is 474 g/mol. The average molecular weight is 475 g/mol. The number of thiophene rings is 1. The standard InChI is InChI=1S/C24H18N4O3S2/c1-15-12-20(31-27-15)25-19(29)14-33-24-26-22-21(18(13-32-22)16-8-4-2-5-9-16)23(30)28(24)17-10-6-3-7-11-17/h2-13H,14H2,1H3,(H,25,29). The number of rotatable bonds is 6. The smallest absolute Gasteiger partial charge is 0.268 e. The highest BCUT2D eigenvalue weighted by Gasteiger charge is 2.19. The fourth-order valence-corrected chi connectivity index (χ4v) is 5.23. The van der Waals surface area contributed by atoms with Crippen molar-refractivity contribution in [2.45, 2.75) is 12.1 Å². The Balaban J connectivity index is 1.55. The molecule has 0 aliphatic carbocycles. The van der Waals surface area contributed by atoms with Crippen LogP contribution in [0.4, 0.5) is 5.88 Å². The van der Waals surface area contributed by atoms with Crippen molar-refractivity contribution in [3.63, 3.8) is 0 Å². The van der Waals surface area contributed by atoms with Gasteiger partial charge in [-0.3, -0.25) is 19.5 Å². The molecular weight excluding hydrogens is 456 g/mol. The zero-order chi connectivity index (χ0) is 22.8. The van der Waals surface area contributed by atoms with Gasteiger partial charge in [0.05, 0.1) is 22.5 Å². The summed E-state index contributed by atoms with van der Waals surface area (Å²) in [5, 5.41) is 9.40. The average Bonchev–Trinajstić information content (AvgIpc) is 3.45. The Morgan fingerprint density at radius 3 is 2.55 bits per heavy atom. The number of carbonyl (C=O) groups excluding carboxylic acids is 1. The van der Waals surface area contributed by atoms with Gasteiger partial charge in [-0.25, -0.2) is 4.98 Å². The molecule has 5 aromatic rings. The zero-order valence-electron chi connectivity index (χ0n) is 17.5. The highest BCUT2D eigenvalue weighted by molar-refractivity contribution is 7.99. The summed E-state index contributed by atoms with van der Waals surface area (Å²) in [5.74, 6) is 0.0653. The Morgan fingerprint density at radius 2 is 1.85 bits per heavy atom. The number of anilines is 1. The molecule has 3 heterocycles. The molecule has 0 aliphatic heterocycles. The van der Waals surface area contributed by atoms with Crippen molar-refractivity contribution in [2.24, 2.45) is 0 Å². The zero-order valence-corrected chi connectivity index (χ0v) is 19.2. The van der Waals surface area contributed by atoms with Gasteiger partial charge in [-0.05, 0) is 24.6 Å². The van der Waals surface area contributed by atoms with Gasteiger partial charge in [0, 0.05) is 17.0 Å². The van der Waals surface area contributed by atoms with E-state index in [2.05, 4.69) is 10.5 Å². The van der Waals surface area contributed by atoms with E-state index in [1.165, 1.54) is 23.1 Å². The summed E-state index contributed by atoms with van der Waals surface area (Å²) < 4.78 is 6.61. The van der Waals surface area contributed by atoms with Crippen LogP contribution in [-0.4, -0.2) is 26.4 Å². The quantitative estimate of drug-likeness (QED) is 0.271. The van der Waals surface area contributed by atoms with Crippen molar-refractivity contribution in [1.29, 1.82) is 0 Å². The van der Waals surface area contributed by atoms with Gasteiger partial charge < -0.3 is 4.52 Å². The molecule has 0 unspecified atom stereocenters. The number of benzene rings is 2. The van der Waals surface area contributed by atoms with Crippen LogP contribution in [0.25, 0.3) is 27.0 Å². The summed E-state index contributed by atoms with van der Waals surface area (Å²) in [7, 11) is 0. The normalized spacial score (nSPS) is 11.1. The van der Waals surface area contributed by atoms with Gasteiger partial charge in [0.1, 0.15) is 4.83 Å². The van der Waals surface area contributed by atoms with Crippen molar-refractivity contribution in [3.05, 3.63) is 88.2 Å². The van der Waals surface area contributed by atoms with Gasteiger partial charge in [-0.15, -0.1) is 11.3 Å². The number of aromatic nitrogens is 3. The van der Waals surface area contributed by atoms with Gasteiger partial charge in [0.15, 0.2) is 5.16 Å². The third-order valence-electron chi connectivity index (χ3n) is 4.90. The second kappa shape index (κ2) is 9.05. The van der Waals surface area contributed by atoms with Crippen molar-refractivity contribution in [2.75, 3.05) is 11.1 Å². The van der Waals surface area contributed by atoms with E-state index in [-0.39, 0.29) is 23.1 Å². The Hall–Kier alpha value is -3.69. The van der Waals surface area contributed by atoms with Crippen LogP contribution in [0.15, 0.2) is 86.6 Å². The first-order chi connectivity index (χ1) is 16.1. The van der Waals surface area contributed by atoms with Gasteiger partial charge in [-0.1, -0.05) is 65.4 Å². The number of nitrogens with zero attached hydrogens (tertiary/aromatic N) is 3. The summed E-state index contributed by atoms with van der Waals surface area (Å²) in [6.07, 6.45) is 0. The summed E-state index contributed by atoms with van der Waals surface area (Å²) in [6.45, 7) is 1.77. The van der Waals surface area contributed by atoms with E-state index >= 15 is 0 Å². The first-order valence-electron chi connectivity index (χ1n) is 10.1. The molecule has 0 atom stereocenters. The van der Waals surface area contributed by atoms with E-state index in [4.69, 9.17) is 9.51 Å². The van der Waals surface area contributed by atoms with Crippen molar-refractivity contribution >= 4 is 45.1 Å². The van der Waals surface area contributed by atoms with E-state index in [1.807, 2.05) is 66.0 Å². The largest absolute Gasteiger partial charge is 0.338 e. The molecule has 7 nitrogen and oxygen atoms in total. The van der Waals surface area contributed by atoms with Crippen molar-refractivity contribution < 1.29 is 9.32 Å². The lowest BCUT2D eigenvalue weighted by atomic mass is 10.1. The summed E-state index contributed by atoms with van der Waals surface area (Å²) >= 11 is 2.61. The fourth-order valence-electron chi connectivity index (χ4n) is 3.43. The van der Waals surface area contributed by atoms with E-state index in [1.54, 1.807) is 17.6 Å². The minimum atomic E-state index is -0.277. The summed E-state index contributed by atoms with van der Waals surface area (Å²) in [5.41, 5.74) is 3.02. The second-order valence-corrected chi connectivity index (χ2v) is 9.04. The number of aryl methyl sites for hydroxylation is 1. The minimum absolute atomic E-state index is 0.0570. The molecule has 1 amide bonds. The number of hydrogen-bond donors (Lipinski definition) is 1. The van der Waals surface area contributed by atoms with Gasteiger partial charge in [-0.2, -0.15) is 0 Å². The number of amides is 1. The molecule has 1 N–H and O–H groups in total. The second-order valence-electron chi connectivity index (χ2n) is 7.24. The van der Waals surface area contributed by atoms with Crippen LogP contribution in [0, 0.1) is 6.92 Å². The molecule has 3 aromatic heterocycles. The van der Waals surface area contributed by atoms with E-state index < -0.39 is 0 Å². The lowest BCUT2D eigenvalue weighted by Crippen LogP contribution is -2.22. The van der Waals surface area contributed by atoms with Crippen LogP contribution in [0.5, 0.6) is 0 Å². The van der Waals surface area contributed by atoms with Crippen molar-refractivity contribution in [3.8, 4) is 16.8 Å². The third-order valence-corrected chi connectivity index (χ3v) is 6.71. The number of hydrogen-bond acceptors (Lipinski definition) is 7. The maximum Gasteiger partial charge on any atom is 0.268 e. The van der Waals surface area contributed by atoms with Gasteiger partial charge >= 0.3 is 0 Å². The molecule has 0 bridgehead atoms. The number of para-hydroxylation sites is 1. The maximum atomic E-state index is 13.7. The molecule has 9 heteroatoms. The number of nitrogens with one attached hydrogen (secondary N) is 1. The molecule has 2 aromatic carbocycles. The Labute approximate surface area is 197 Å². The van der Waals surface area contributed by atoms with E-state index in [0.717, 1.165) is 11.1 Å². The molecule has 0 aliphatic rings. The Morgan fingerprint density at radius 1 is 1.12 bits per heavy atom. The first-order valence-corrected chi connectivity index (χ1v) is 12.0. The van der Waals surface area contributed by atoms with Gasteiger partial charge in [0.2, 0.25) is 11.8 Å². The van der Waals surface area contributed by atoms with Gasteiger partial charge in [0.25, 0.3) is 5.56 Å². The molecule has 5 rings (SSSR count). The van der Waals surface area contributed by atoms with Crippen LogP contribution in [0.3, 0.4) is 0 Å². The first kappa shape index (κ1) is 21.2. The molecule has 0 saturated carbocycles. The Kier molecular flexibility index (Phi) is 5.80. The van der Waals surface area contributed by atoms with Crippen LogP contribution in [-0.2, 0) is 4.79 Å². The summed E-state index contributed by atoms with van der Waals surface area (Å²) in [6, 6.07) is 20.8. The lowest BCUT2D eigenvalue weighted by molar-refractivity contribution is -0.113. The SMILES string of the molecule is Cc1cc(NC(=O)CSc2nc3scc(-c4ccccc4)c3c(=O)n2-c2ccccc2)on1. The lowest BCUT2D eigenvalue weighted by Gasteiger charge is -2.12. The van der Waals surface area contributed by atoms with Crippen LogP contribution >= 0.6 is 23.1 Å². The molecule has 0 radical (unpaired) electrons. The van der Waals surface area contributed by atoms with Crippen molar-refractivity contribution in [1.82, 2.24) is 14.7 Å². The topological polar surface area (TPSA) is 90.0 Å². The maximum absolute atomic E-state index is 13.7. The highest BCUT2D eigenvalue weighted by Crippen LogP contribution is 2.32. The minimum Gasteiger partial charge on any atom is -0.338 e. The molecule has 164 valence electrons. The fraction of sp³-hybridized carbons (Fsp3) is 0.0833. The van der Waals surface area contributed by atoms with E-state index in [0.29, 0.717) is 26.8 Å². The molecular formula is C24H18N4O3S2. The molecule has 0 spiro atoms. The van der Waals surface area contributed by atoms with E-state index in [9.17, 15) is 9.59 Å². The predicted octanol–water partition coefficient (Wildman–Crippen LogP) is 5.14. The predicted molar refractivity (Wildman–Crippen MR) is 131 cm³/mol. The number of thioether (sulfide) groups is 1. The molecule has 0 fully saturated rings. The third kappa shape index (κ3) is 4.33.